The van der Waals surface area contributed by atoms with Gasteiger partial charge in [0.25, 0.3) is 0 Å². The lowest BCUT2D eigenvalue weighted by Crippen LogP contribution is -2.84. The molecule has 1 fully saturated rings. The Kier molecular flexibility index (Phi) is 7.44. The number of carbonyl (C=O) groups is 1. The molecule has 1 aliphatic heterocycles. The number of hydrogen-bond donors (Lipinski definition) is 2. The van der Waals surface area contributed by atoms with E-state index in [-0.39, 0.29) is 48.8 Å². The fraction of sp³-hybridized carbons (Fsp3) is 0.385. The minimum absolute atomic E-state index is 0.0108. The van der Waals surface area contributed by atoms with Gasteiger partial charge in [-0.15, -0.1) is 15.6 Å². The molecule has 0 amide bonds. The minimum atomic E-state index is -4.12. The Morgan fingerprint density at radius 3 is 2.38 bits per heavy atom. The Labute approximate surface area is 227 Å². The summed E-state index contributed by atoms with van der Waals surface area (Å²) in [5.74, 6) is -2.08. The van der Waals surface area contributed by atoms with Crippen LogP contribution in [0.15, 0.2) is 42.5 Å². The van der Waals surface area contributed by atoms with Crippen molar-refractivity contribution in [1.29, 1.82) is 0 Å². The van der Waals surface area contributed by atoms with Crippen molar-refractivity contribution in [3.05, 3.63) is 64.2 Å². The molecule has 208 valence electrons. The van der Waals surface area contributed by atoms with Gasteiger partial charge in [0.1, 0.15) is 5.01 Å². The molecule has 1 aromatic heterocycles. The lowest BCUT2D eigenvalue weighted by molar-refractivity contribution is -0.404. The minimum Gasteiger partial charge on any atom is -0.491 e. The van der Waals surface area contributed by atoms with Crippen molar-refractivity contribution in [1.82, 2.24) is 9.29 Å². The number of aromatic carboxylic acids is 1. The molecule has 2 aliphatic rings. The van der Waals surface area contributed by atoms with E-state index in [2.05, 4.69) is 4.98 Å². The van der Waals surface area contributed by atoms with Crippen LogP contribution in [-0.2, 0) is 23.3 Å². The van der Waals surface area contributed by atoms with Crippen molar-refractivity contribution in [2.45, 2.75) is 50.9 Å². The maximum absolute atomic E-state index is 13.1. The molecule has 2 aromatic carbocycles. The number of thiazole rings is 1. The average molecular weight is 583 g/mol. The number of ether oxygens (including phenoxy) is 1. The number of quaternary nitrogens is 1. The molecule has 2 heterocycles. The van der Waals surface area contributed by atoms with Crippen LogP contribution in [0.25, 0.3) is 10.6 Å². The number of carboxylic acids is 1. The lowest BCUT2D eigenvalue weighted by Gasteiger charge is -2.30. The molecule has 3 N–H and O–H groups in total. The van der Waals surface area contributed by atoms with Crippen LogP contribution in [-0.4, -0.2) is 42.1 Å². The molecule has 8 nitrogen and oxygen atoms in total. The van der Waals surface area contributed by atoms with Crippen LogP contribution in [0, 0.1) is 5.92 Å². The third-order valence-electron chi connectivity index (χ3n) is 7.36. The molecule has 13 heteroatoms. The molecular formula is C26H27F3N3O5S2+. The summed E-state index contributed by atoms with van der Waals surface area (Å²) in [4.78, 5) is 16.7. The Morgan fingerprint density at radius 1 is 1.10 bits per heavy atom. The summed E-state index contributed by atoms with van der Waals surface area (Å²) in [6, 6.07) is 11.7. The van der Waals surface area contributed by atoms with Crippen molar-refractivity contribution in [2.75, 3.05) is 7.11 Å². The van der Waals surface area contributed by atoms with Gasteiger partial charge >= 0.3 is 22.4 Å². The number of benzene rings is 2. The molecule has 0 radical (unpaired) electrons. The van der Waals surface area contributed by atoms with Gasteiger partial charge in [-0.05, 0) is 43.2 Å². The zero-order chi connectivity index (χ0) is 27.9. The highest BCUT2D eigenvalue weighted by molar-refractivity contribution is 7.82. The van der Waals surface area contributed by atoms with Crippen LogP contribution in [0.2, 0.25) is 0 Å². The average Bonchev–Trinajstić information content (AvgIpc) is 3.49. The third-order valence-corrected chi connectivity index (χ3v) is 10.0. The monoisotopic (exact) mass is 582 g/mol. The molecule has 0 spiro atoms. The molecule has 39 heavy (non-hydrogen) atoms. The molecule has 0 saturated heterocycles. The second-order valence-corrected chi connectivity index (χ2v) is 12.7. The Bertz CT molecular complexity index is 1460. The van der Waals surface area contributed by atoms with Gasteiger partial charge in [0.2, 0.25) is 0 Å². The first kappa shape index (κ1) is 27.6. The van der Waals surface area contributed by atoms with Crippen molar-refractivity contribution < 1.29 is 40.9 Å². The smallest absolute Gasteiger partial charge is 0.391 e. The zero-order valence-corrected chi connectivity index (χ0v) is 22.6. The van der Waals surface area contributed by atoms with E-state index in [1.165, 1.54) is 41.0 Å². The first-order valence-corrected chi connectivity index (χ1v) is 14.7. The second kappa shape index (κ2) is 10.5. The third kappa shape index (κ3) is 5.81. The normalized spacial score (nSPS) is 20.1. The summed E-state index contributed by atoms with van der Waals surface area (Å²) in [5.41, 5.74) is 2.82. The fourth-order valence-corrected chi connectivity index (χ4v) is 7.59. The van der Waals surface area contributed by atoms with Crippen LogP contribution >= 0.6 is 11.3 Å². The fourth-order valence-electron chi connectivity index (χ4n) is 5.15. The number of nitrogens with zero attached hydrogens (tertiary/aromatic N) is 2. The van der Waals surface area contributed by atoms with Crippen LogP contribution < -0.4 is 9.46 Å². The molecule has 5 rings (SSSR count). The molecule has 3 aromatic rings. The van der Waals surface area contributed by atoms with Gasteiger partial charge in [-0.25, -0.2) is 9.78 Å². The number of nitrogens with two attached hydrogens (primary N) is 1. The second-order valence-electron chi connectivity index (χ2n) is 9.79. The van der Waals surface area contributed by atoms with Crippen LogP contribution in [0.4, 0.5) is 18.9 Å². The maximum atomic E-state index is 13.1. The van der Waals surface area contributed by atoms with Gasteiger partial charge in [-0.1, -0.05) is 24.3 Å². The standard InChI is InChI=1S/C26H26F3N3O5S2/c1-37-22-12-18(25(33)34)8-11-20(22)31-39(35,36)32-13-21-23(14-32)38-24(30-21)17-4-2-15(3-5-17)16-6-9-19(10-7-16)26(27,28)29/h2-5,8,11-12,16,19,31H,6-7,9-10,13-14H2,1H3,(H,33,34)/p+1. The zero-order valence-electron chi connectivity index (χ0n) is 20.9. The van der Waals surface area contributed by atoms with Gasteiger partial charge in [0.15, 0.2) is 11.4 Å². The van der Waals surface area contributed by atoms with E-state index in [0.717, 1.165) is 25.7 Å². The van der Waals surface area contributed by atoms with E-state index in [1.807, 2.05) is 24.3 Å². The van der Waals surface area contributed by atoms with E-state index >= 15 is 0 Å². The Balaban J connectivity index is 1.23. The number of fused-ring (bicyclic) bond motifs is 1. The number of rotatable bonds is 7. The summed E-state index contributed by atoms with van der Waals surface area (Å²) >= 11 is 1.41. The van der Waals surface area contributed by atoms with Crippen molar-refractivity contribution in [2.24, 2.45) is 5.92 Å². The number of halogens is 3. The van der Waals surface area contributed by atoms with Crippen LogP contribution in [0.5, 0.6) is 5.75 Å². The number of carboxylic acid groups (broad SMARTS) is 1. The molecule has 0 atom stereocenters. The molecule has 0 bridgehead atoms. The van der Waals surface area contributed by atoms with E-state index < -0.39 is 28.3 Å². The highest BCUT2D eigenvalue weighted by atomic mass is 32.2. The van der Waals surface area contributed by atoms with E-state index in [4.69, 9.17) is 9.84 Å². The summed E-state index contributed by atoms with van der Waals surface area (Å²) in [7, 11) is -2.51. The molecule has 1 saturated carbocycles. The summed E-state index contributed by atoms with van der Waals surface area (Å²) < 4.78 is 72.6. The summed E-state index contributed by atoms with van der Waals surface area (Å²) in [5, 5.41) is 9.92. The van der Waals surface area contributed by atoms with Crippen molar-refractivity contribution >= 4 is 33.2 Å². The highest BCUT2D eigenvalue weighted by Crippen LogP contribution is 2.43. The largest absolute Gasteiger partial charge is 0.491 e. The SMILES string of the molecule is COc1cc(C(=O)O)ccc1[NH2+]S(=O)(=O)N1Cc2nc(-c3ccc(C4CCC(C(F)(F)F)CC4)cc3)sc2C1. The van der Waals surface area contributed by atoms with Crippen LogP contribution in [0.3, 0.4) is 0 Å². The van der Waals surface area contributed by atoms with Crippen molar-refractivity contribution in [3.63, 3.8) is 0 Å². The number of methoxy groups -OCH3 is 1. The predicted octanol–water partition coefficient (Wildman–Crippen LogP) is 4.81. The number of aromatic nitrogens is 1. The first-order chi connectivity index (χ1) is 18.4. The quantitative estimate of drug-likeness (QED) is 0.387. The van der Waals surface area contributed by atoms with Crippen molar-refractivity contribution in [3.8, 4) is 16.3 Å². The van der Waals surface area contributed by atoms with Gasteiger partial charge in [0, 0.05) is 22.6 Å². The van der Waals surface area contributed by atoms with Crippen LogP contribution in [0.1, 0.15) is 58.1 Å². The summed E-state index contributed by atoms with van der Waals surface area (Å²) in [6.07, 6.45) is -2.76. The lowest BCUT2D eigenvalue weighted by atomic mass is 9.78. The van der Waals surface area contributed by atoms with Gasteiger partial charge in [-0.2, -0.15) is 26.3 Å². The topological polar surface area (TPSA) is 113 Å². The maximum Gasteiger partial charge on any atom is 0.391 e. The predicted molar refractivity (Wildman–Crippen MR) is 138 cm³/mol. The van der Waals surface area contributed by atoms with E-state index in [1.54, 1.807) is 0 Å². The Morgan fingerprint density at radius 2 is 1.79 bits per heavy atom. The van der Waals surface area contributed by atoms with E-state index in [9.17, 15) is 26.4 Å². The van der Waals surface area contributed by atoms with Gasteiger partial charge in [-0.3, -0.25) is 0 Å². The Hall–Kier alpha value is -3.00. The van der Waals surface area contributed by atoms with E-state index in [0.29, 0.717) is 18.5 Å². The number of hydrogen-bond acceptors (Lipinski definition) is 6. The highest BCUT2D eigenvalue weighted by Gasteiger charge is 2.41. The van der Waals surface area contributed by atoms with Gasteiger partial charge in [0.05, 0.1) is 37.4 Å². The molecule has 0 unspecified atom stereocenters. The first-order valence-electron chi connectivity index (χ1n) is 12.4. The molecular weight excluding hydrogens is 555 g/mol. The van der Waals surface area contributed by atoms with Gasteiger partial charge < -0.3 is 9.84 Å². The number of alkyl halides is 3. The summed E-state index contributed by atoms with van der Waals surface area (Å²) in [6.45, 7) is 0.280. The molecule has 1 aliphatic carbocycles.